The molecule has 0 aliphatic heterocycles. The Morgan fingerprint density at radius 3 is 2.46 bits per heavy atom. The van der Waals surface area contributed by atoms with Crippen molar-refractivity contribution in [2.45, 2.75) is 39.9 Å². The second-order valence-corrected chi connectivity index (χ2v) is 6.34. The van der Waals surface area contributed by atoms with E-state index in [-0.39, 0.29) is 17.0 Å². The highest BCUT2D eigenvalue weighted by Crippen LogP contribution is 2.12. The summed E-state index contributed by atoms with van der Waals surface area (Å²) in [7, 11) is 2.08. The van der Waals surface area contributed by atoms with Crippen molar-refractivity contribution in [3.8, 4) is 0 Å². The fraction of sp³-hybridized carbons (Fsp3) is 0.368. The van der Waals surface area contributed by atoms with E-state index in [9.17, 15) is 9.59 Å². The molecule has 2 N–H and O–H groups in total. The molecule has 128 valence electrons. The van der Waals surface area contributed by atoms with E-state index in [1.807, 2.05) is 18.2 Å². The molecule has 24 heavy (non-hydrogen) atoms. The van der Waals surface area contributed by atoms with Crippen molar-refractivity contribution < 1.29 is 4.79 Å². The second-order valence-electron chi connectivity index (χ2n) is 6.34. The third-order valence-corrected chi connectivity index (χ3v) is 4.16. The quantitative estimate of drug-likeness (QED) is 0.856. The van der Waals surface area contributed by atoms with Gasteiger partial charge in [-0.15, -0.1) is 0 Å². The van der Waals surface area contributed by atoms with E-state index in [4.69, 9.17) is 0 Å². The maximum atomic E-state index is 12.3. The number of aromatic amines is 1. The average Bonchev–Trinajstić information content (AvgIpc) is 2.53. The van der Waals surface area contributed by atoms with Crippen molar-refractivity contribution in [2.24, 2.45) is 0 Å². The number of pyridine rings is 1. The number of nitrogens with one attached hydrogen (secondary N) is 2. The number of benzene rings is 1. The molecule has 0 unspecified atom stereocenters. The van der Waals surface area contributed by atoms with Crippen molar-refractivity contribution in [1.29, 1.82) is 0 Å². The highest BCUT2D eigenvalue weighted by atomic mass is 16.2. The number of aromatic nitrogens is 1. The highest BCUT2D eigenvalue weighted by molar-refractivity contribution is 5.93. The molecule has 5 heteroatoms. The van der Waals surface area contributed by atoms with Crippen molar-refractivity contribution in [3.05, 3.63) is 69.1 Å². The van der Waals surface area contributed by atoms with E-state index < -0.39 is 0 Å². The van der Waals surface area contributed by atoms with Crippen LogP contribution in [0.5, 0.6) is 0 Å². The minimum Gasteiger partial charge on any atom is -0.348 e. The lowest BCUT2D eigenvalue weighted by Gasteiger charge is -2.22. The van der Waals surface area contributed by atoms with Crippen LogP contribution in [0.15, 0.2) is 41.2 Å². The first-order chi connectivity index (χ1) is 11.4. The zero-order chi connectivity index (χ0) is 17.7. The molecule has 0 bridgehead atoms. The molecule has 5 nitrogen and oxygen atoms in total. The Morgan fingerprint density at radius 2 is 1.83 bits per heavy atom. The van der Waals surface area contributed by atoms with Gasteiger partial charge < -0.3 is 10.3 Å². The Bertz CT molecular complexity index is 765. The van der Waals surface area contributed by atoms with Crippen LogP contribution in [-0.2, 0) is 13.1 Å². The normalized spacial score (nSPS) is 11.1. The number of carbonyl (C=O) groups is 1. The molecule has 2 rings (SSSR count). The third kappa shape index (κ3) is 4.55. The zero-order valence-corrected chi connectivity index (χ0v) is 14.7. The number of H-pyrrole nitrogens is 1. The first-order valence-corrected chi connectivity index (χ1v) is 8.13. The van der Waals surface area contributed by atoms with Gasteiger partial charge in [0.2, 0.25) is 0 Å². The fourth-order valence-electron chi connectivity index (χ4n) is 2.36. The van der Waals surface area contributed by atoms with Gasteiger partial charge in [-0.25, -0.2) is 0 Å². The van der Waals surface area contributed by atoms with Gasteiger partial charge in [0.15, 0.2) is 0 Å². The molecule has 0 saturated carbocycles. The number of nitrogens with zero attached hydrogens (tertiary/aromatic N) is 1. The van der Waals surface area contributed by atoms with E-state index in [1.165, 1.54) is 5.56 Å². The SMILES string of the molecule is Cc1ccc(C(=O)NCc2ccccc2CN(C)C(C)C)c(=O)[nH]1. The largest absolute Gasteiger partial charge is 0.348 e. The average molecular weight is 327 g/mol. The van der Waals surface area contributed by atoms with E-state index >= 15 is 0 Å². The summed E-state index contributed by atoms with van der Waals surface area (Å²) in [5, 5.41) is 2.84. The minimum absolute atomic E-state index is 0.136. The summed E-state index contributed by atoms with van der Waals surface area (Å²) in [5.41, 5.74) is 2.74. The Balaban J connectivity index is 2.09. The van der Waals surface area contributed by atoms with Crippen LogP contribution >= 0.6 is 0 Å². The summed E-state index contributed by atoms with van der Waals surface area (Å²) >= 11 is 0. The second kappa shape index (κ2) is 7.93. The van der Waals surface area contributed by atoms with Crippen LogP contribution < -0.4 is 10.9 Å². The van der Waals surface area contributed by atoms with Gasteiger partial charge >= 0.3 is 0 Å². The summed E-state index contributed by atoms with van der Waals surface area (Å²) in [6.45, 7) is 7.29. The summed E-state index contributed by atoms with van der Waals surface area (Å²) in [4.78, 5) is 29.0. The van der Waals surface area contributed by atoms with Crippen LogP contribution in [0.2, 0.25) is 0 Å². The van der Waals surface area contributed by atoms with Crippen LogP contribution in [0, 0.1) is 6.92 Å². The maximum Gasteiger partial charge on any atom is 0.260 e. The maximum absolute atomic E-state index is 12.3. The molecule has 0 atom stereocenters. The molecule has 0 aliphatic rings. The Labute approximate surface area is 142 Å². The molecular weight excluding hydrogens is 302 g/mol. The number of hydrogen-bond acceptors (Lipinski definition) is 3. The van der Waals surface area contributed by atoms with E-state index in [2.05, 4.69) is 42.2 Å². The predicted molar refractivity (Wildman–Crippen MR) is 96.0 cm³/mol. The molecule has 0 radical (unpaired) electrons. The monoisotopic (exact) mass is 327 g/mol. The van der Waals surface area contributed by atoms with Crippen molar-refractivity contribution in [1.82, 2.24) is 15.2 Å². The van der Waals surface area contributed by atoms with Gasteiger partial charge in [0, 0.05) is 24.8 Å². The number of carbonyl (C=O) groups excluding carboxylic acids is 1. The van der Waals surface area contributed by atoms with Gasteiger partial charge in [-0.1, -0.05) is 24.3 Å². The molecule has 0 fully saturated rings. The van der Waals surface area contributed by atoms with Crippen LogP contribution in [0.4, 0.5) is 0 Å². The van der Waals surface area contributed by atoms with Crippen molar-refractivity contribution >= 4 is 5.91 Å². The molecule has 1 heterocycles. The van der Waals surface area contributed by atoms with Gasteiger partial charge in [0.25, 0.3) is 11.5 Å². The molecule has 0 aliphatic carbocycles. The molecule has 1 amide bonds. The predicted octanol–water partition coefficient (Wildman–Crippen LogP) is 2.45. The first-order valence-electron chi connectivity index (χ1n) is 8.13. The Morgan fingerprint density at radius 1 is 1.17 bits per heavy atom. The van der Waals surface area contributed by atoms with Crippen molar-refractivity contribution in [2.75, 3.05) is 7.05 Å². The van der Waals surface area contributed by atoms with Crippen LogP contribution in [0.3, 0.4) is 0 Å². The lowest BCUT2D eigenvalue weighted by atomic mass is 10.1. The molecule has 2 aromatic rings. The van der Waals surface area contributed by atoms with Crippen LogP contribution in [-0.4, -0.2) is 28.9 Å². The molecule has 1 aromatic heterocycles. The fourth-order valence-corrected chi connectivity index (χ4v) is 2.36. The summed E-state index contributed by atoms with van der Waals surface area (Å²) < 4.78 is 0. The summed E-state index contributed by atoms with van der Waals surface area (Å²) in [6.07, 6.45) is 0. The van der Waals surface area contributed by atoms with Gasteiger partial charge in [-0.2, -0.15) is 0 Å². The van der Waals surface area contributed by atoms with Crippen LogP contribution in [0.1, 0.15) is 41.0 Å². The standard InChI is InChI=1S/C19H25N3O2/c1-13(2)22(4)12-16-8-6-5-7-15(16)11-20-18(23)17-10-9-14(3)21-19(17)24/h5-10,13H,11-12H2,1-4H3,(H,20,23)(H,21,24). The smallest absolute Gasteiger partial charge is 0.260 e. The Kier molecular flexibility index (Phi) is 5.93. The van der Waals surface area contributed by atoms with E-state index in [1.54, 1.807) is 19.1 Å². The summed E-state index contributed by atoms with van der Waals surface area (Å²) in [5.74, 6) is -0.358. The topological polar surface area (TPSA) is 65.2 Å². The van der Waals surface area contributed by atoms with Gasteiger partial charge in [-0.05, 0) is 51.1 Å². The number of hydrogen-bond donors (Lipinski definition) is 2. The van der Waals surface area contributed by atoms with Crippen LogP contribution in [0.25, 0.3) is 0 Å². The number of rotatable bonds is 6. The summed E-state index contributed by atoms with van der Waals surface area (Å²) in [6, 6.07) is 11.8. The minimum atomic E-state index is -0.361. The molecule has 0 saturated heterocycles. The first kappa shape index (κ1) is 17.9. The number of aryl methyl sites for hydroxylation is 1. The Hall–Kier alpha value is -2.40. The van der Waals surface area contributed by atoms with Gasteiger partial charge in [0.05, 0.1) is 0 Å². The third-order valence-electron chi connectivity index (χ3n) is 4.16. The van der Waals surface area contributed by atoms with E-state index in [0.29, 0.717) is 12.6 Å². The molecule has 0 spiro atoms. The van der Waals surface area contributed by atoms with E-state index in [0.717, 1.165) is 17.8 Å². The lowest BCUT2D eigenvalue weighted by molar-refractivity contribution is 0.0949. The molecular formula is C19H25N3O2. The zero-order valence-electron chi connectivity index (χ0n) is 14.7. The molecule has 1 aromatic carbocycles. The number of amides is 1. The van der Waals surface area contributed by atoms with Crippen molar-refractivity contribution in [3.63, 3.8) is 0 Å². The lowest BCUT2D eigenvalue weighted by Crippen LogP contribution is -2.30. The highest BCUT2D eigenvalue weighted by Gasteiger charge is 2.12. The van der Waals surface area contributed by atoms with Gasteiger partial charge in [0.1, 0.15) is 5.56 Å². The van der Waals surface area contributed by atoms with Gasteiger partial charge in [-0.3, -0.25) is 14.5 Å².